The molecule has 0 saturated heterocycles. The van der Waals surface area contributed by atoms with Crippen molar-refractivity contribution in [3.63, 3.8) is 0 Å². The number of rotatable bonds is 2. The van der Waals surface area contributed by atoms with E-state index in [0.717, 1.165) is 22.1 Å². The maximum Gasteiger partial charge on any atom is 0.131 e. The average Bonchev–Trinajstić information content (AvgIpc) is 2.62. The molecule has 0 amide bonds. The highest BCUT2D eigenvalue weighted by atomic mass is 19.1. The minimum Gasteiger partial charge on any atom is -0.206 e. The Morgan fingerprint density at radius 2 is 1.26 bits per heavy atom. The Morgan fingerprint density at radius 1 is 0.522 bits per heavy atom. The Morgan fingerprint density at radius 3 is 2.09 bits per heavy atom. The number of halogens is 1. The summed E-state index contributed by atoms with van der Waals surface area (Å²) >= 11 is 0. The highest BCUT2D eigenvalue weighted by molar-refractivity contribution is 5.91. The molecule has 0 bridgehead atoms. The van der Waals surface area contributed by atoms with Crippen LogP contribution in [0.15, 0.2) is 91.0 Å². The van der Waals surface area contributed by atoms with Crippen molar-refractivity contribution in [1.82, 2.24) is 0 Å². The summed E-state index contributed by atoms with van der Waals surface area (Å²) in [4.78, 5) is 0. The van der Waals surface area contributed by atoms with Gasteiger partial charge in [0.15, 0.2) is 0 Å². The predicted octanol–water partition coefficient (Wildman–Crippen LogP) is 6.31. The van der Waals surface area contributed by atoms with E-state index < -0.39 is 0 Å². The second-order valence-electron chi connectivity index (χ2n) is 5.59. The minimum absolute atomic E-state index is 0.193. The Hall–Kier alpha value is -2.93. The molecule has 0 saturated carbocycles. The van der Waals surface area contributed by atoms with Crippen LogP contribution < -0.4 is 0 Å². The number of fused-ring (bicyclic) bond motifs is 1. The van der Waals surface area contributed by atoms with E-state index in [2.05, 4.69) is 30.3 Å². The molecule has 0 heterocycles. The number of hydrogen-bond donors (Lipinski definition) is 0. The van der Waals surface area contributed by atoms with Crippen LogP contribution in [-0.2, 0) is 0 Å². The molecule has 0 atom stereocenters. The quantitative estimate of drug-likeness (QED) is 0.406. The molecule has 4 aromatic carbocycles. The predicted molar refractivity (Wildman–Crippen MR) is 94.8 cm³/mol. The average molecular weight is 298 g/mol. The highest BCUT2D eigenvalue weighted by Gasteiger charge is 2.12. The van der Waals surface area contributed by atoms with E-state index in [4.69, 9.17) is 0 Å². The summed E-state index contributed by atoms with van der Waals surface area (Å²) in [5, 5.41) is 2.35. The second kappa shape index (κ2) is 5.69. The lowest BCUT2D eigenvalue weighted by Crippen LogP contribution is -1.90. The van der Waals surface area contributed by atoms with E-state index in [0.29, 0.717) is 5.56 Å². The van der Waals surface area contributed by atoms with Gasteiger partial charge in [-0.25, -0.2) is 4.39 Å². The Balaban J connectivity index is 1.96. The van der Waals surface area contributed by atoms with Gasteiger partial charge in [-0.15, -0.1) is 0 Å². The Kier molecular flexibility index (Phi) is 3.39. The maximum atomic E-state index is 14.5. The first kappa shape index (κ1) is 13.7. The van der Waals surface area contributed by atoms with E-state index in [1.54, 1.807) is 6.07 Å². The van der Waals surface area contributed by atoms with Crippen molar-refractivity contribution in [3.8, 4) is 22.3 Å². The van der Waals surface area contributed by atoms with Crippen LogP contribution in [-0.4, -0.2) is 0 Å². The lowest BCUT2D eigenvalue weighted by atomic mass is 9.93. The van der Waals surface area contributed by atoms with Crippen LogP contribution in [0.4, 0.5) is 4.39 Å². The fourth-order valence-corrected chi connectivity index (χ4v) is 3.02. The first-order chi connectivity index (χ1) is 11.3. The number of benzene rings is 4. The molecule has 0 aliphatic heterocycles. The zero-order valence-electron chi connectivity index (χ0n) is 12.5. The third-order valence-corrected chi connectivity index (χ3v) is 4.14. The maximum absolute atomic E-state index is 14.5. The number of hydrogen-bond acceptors (Lipinski definition) is 0. The van der Waals surface area contributed by atoms with Crippen molar-refractivity contribution in [3.05, 3.63) is 96.8 Å². The van der Waals surface area contributed by atoms with Gasteiger partial charge in [0.1, 0.15) is 5.82 Å². The smallest absolute Gasteiger partial charge is 0.131 e. The van der Waals surface area contributed by atoms with Crippen LogP contribution >= 0.6 is 0 Å². The van der Waals surface area contributed by atoms with Crippen molar-refractivity contribution < 1.29 is 4.39 Å². The van der Waals surface area contributed by atoms with Gasteiger partial charge in [-0.1, -0.05) is 78.9 Å². The van der Waals surface area contributed by atoms with Crippen LogP contribution in [0.5, 0.6) is 0 Å². The molecular weight excluding hydrogens is 283 g/mol. The van der Waals surface area contributed by atoms with Crippen LogP contribution in [0, 0.1) is 5.82 Å². The summed E-state index contributed by atoms with van der Waals surface area (Å²) in [5.74, 6) is -0.193. The third kappa shape index (κ3) is 2.51. The molecule has 0 aromatic heterocycles. The molecule has 4 aromatic rings. The van der Waals surface area contributed by atoms with Gasteiger partial charge >= 0.3 is 0 Å². The minimum atomic E-state index is -0.193. The molecule has 0 aliphatic carbocycles. The van der Waals surface area contributed by atoms with E-state index in [1.807, 2.05) is 48.5 Å². The largest absolute Gasteiger partial charge is 0.206 e. The summed E-state index contributed by atoms with van der Waals surface area (Å²) in [7, 11) is 0. The summed E-state index contributed by atoms with van der Waals surface area (Å²) in [6.45, 7) is 0. The van der Waals surface area contributed by atoms with Crippen LogP contribution in [0.1, 0.15) is 0 Å². The van der Waals surface area contributed by atoms with E-state index >= 15 is 0 Å². The first-order valence-corrected chi connectivity index (χ1v) is 7.66. The zero-order valence-corrected chi connectivity index (χ0v) is 12.5. The van der Waals surface area contributed by atoms with Gasteiger partial charge in [0.25, 0.3) is 0 Å². The topological polar surface area (TPSA) is 0 Å². The molecule has 110 valence electrons. The van der Waals surface area contributed by atoms with E-state index in [9.17, 15) is 4.39 Å². The lowest BCUT2D eigenvalue weighted by Gasteiger charge is -2.12. The van der Waals surface area contributed by atoms with Crippen LogP contribution in [0.25, 0.3) is 33.0 Å². The van der Waals surface area contributed by atoms with Crippen molar-refractivity contribution in [2.45, 2.75) is 0 Å². The molecule has 0 N–H and O–H groups in total. The monoisotopic (exact) mass is 298 g/mol. The molecule has 0 fully saturated rings. The van der Waals surface area contributed by atoms with Gasteiger partial charge in [0.2, 0.25) is 0 Å². The van der Waals surface area contributed by atoms with Crippen molar-refractivity contribution in [2.75, 3.05) is 0 Å². The molecule has 0 radical (unpaired) electrons. The molecular formula is C22H15F. The van der Waals surface area contributed by atoms with Gasteiger partial charge < -0.3 is 0 Å². The molecule has 0 aliphatic rings. The van der Waals surface area contributed by atoms with E-state index in [-0.39, 0.29) is 5.82 Å². The summed E-state index contributed by atoms with van der Waals surface area (Å²) in [5.41, 5.74) is 3.50. The van der Waals surface area contributed by atoms with Crippen molar-refractivity contribution >= 4 is 10.8 Å². The SMILES string of the molecule is Fc1cccc(-c2ccc3ccccc3c2)c1-c1ccccc1. The summed E-state index contributed by atoms with van der Waals surface area (Å²) < 4.78 is 14.5. The summed E-state index contributed by atoms with van der Waals surface area (Å²) in [6.07, 6.45) is 0. The molecule has 1 heteroatoms. The van der Waals surface area contributed by atoms with Gasteiger partial charge in [-0.05, 0) is 39.6 Å². The third-order valence-electron chi connectivity index (χ3n) is 4.14. The van der Waals surface area contributed by atoms with Crippen molar-refractivity contribution in [2.24, 2.45) is 0 Å². The highest BCUT2D eigenvalue weighted by Crippen LogP contribution is 2.35. The second-order valence-corrected chi connectivity index (χ2v) is 5.59. The van der Waals surface area contributed by atoms with Gasteiger partial charge in [-0.3, -0.25) is 0 Å². The Labute approximate surface area is 134 Å². The van der Waals surface area contributed by atoms with Crippen LogP contribution in [0.2, 0.25) is 0 Å². The normalized spacial score (nSPS) is 10.8. The lowest BCUT2D eigenvalue weighted by molar-refractivity contribution is 0.632. The van der Waals surface area contributed by atoms with E-state index in [1.165, 1.54) is 11.5 Å². The van der Waals surface area contributed by atoms with Gasteiger partial charge in [-0.2, -0.15) is 0 Å². The molecule has 0 nitrogen and oxygen atoms in total. The van der Waals surface area contributed by atoms with Gasteiger partial charge in [0.05, 0.1) is 0 Å². The van der Waals surface area contributed by atoms with Gasteiger partial charge in [0, 0.05) is 5.56 Å². The fourth-order valence-electron chi connectivity index (χ4n) is 3.02. The zero-order chi connectivity index (χ0) is 15.6. The van der Waals surface area contributed by atoms with Crippen LogP contribution in [0.3, 0.4) is 0 Å². The molecule has 23 heavy (non-hydrogen) atoms. The first-order valence-electron chi connectivity index (χ1n) is 7.66. The Bertz CT molecular complexity index is 971. The van der Waals surface area contributed by atoms with Crippen molar-refractivity contribution in [1.29, 1.82) is 0 Å². The summed E-state index contributed by atoms with van der Waals surface area (Å²) in [6, 6.07) is 29.5. The molecule has 4 rings (SSSR count). The standard InChI is InChI=1S/C22H15F/c23-21-12-6-11-20(22(21)17-8-2-1-3-9-17)19-14-13-16-7-4-5-10-18(16)15-19/h1-15H. The molecule has 0 spiro atoms. The fraction of sp³-hybridized carbons (Fsp3) is 0. The molecule has 0 unspecified atom stereocenters.